The van der Waals surface area contributed by atoms with Crippen molar-refractivity contribution in [2.45, 2.75) is 59.6 Å². The molecule has 0 saturated carbocycles. The molecule has 0 spiro atoms. The summed E-state index contributed by atoms with van der Waals surface area (Å²) in [6.45, 7) is 12.8. The molecule has 0 radical (unpaired) electrons. The van der Waals surface area contributed by atoms with E-state index in [-0.39, 0.29) is 18.0 Å². The highest BCUT2D eigenvalue weighted by molar-refractivity contribution is 5.97. The molecule has 2 aromatic carbocycles. The molecule has 7 heteroatoms. The van der Waals surface area contributed by atoms with Gasteiger partial charge in [-0.3, -0.25) is 9.59 Å². The number of carbonyl (C=O) groups is 3. The van der Waals surface area contributed by atoms with Crippen molar-refractivity contribution in [3.63, 3.8) is 0 Å². The number of hydrogen-bond donors (Lipinski definition) is 3. The molecule has 0 aliphatic heterocycles. The largest absolute Gasteiger partial charge is 0.444 e. The van der Waals surface area contributed by atoms with Crippen molar-refractivity contribution in [2.24, 2.45) is 0 Å². The molecule has 32 heavy (non-hydrogen) atoms. The summed E-state index contributed by atoms with van der Waals surface area (Å²) in [5.41, 5.74) is 1.41. The summed E-state index contributed by atoms with van der Waals surface area (Å²) in [7, 11) is 0. The van der Waals surface area contributed by atoms with E-state index < -0.39 is 17.6 Å². The van der Waals surface area contributed by atoms with Crippen LogP contribution in [-0.2, 0) is 9.53 Å². The van der Waals surface area contributed by atoms with Crippen molar-refractivity contribution >= 4 is 23.6 Å². The number of aryl methyl sites for hydroxylation is 1. The second-order valence-electron chi connectivity index (χ2n) is 9.34. The van der Waals surface area contributed by atoms with Crippen molar-refractivity contribution in [2.75, 3.05) is 11.9 Å². The lowest BCUT2D eigenvalue weighted by Crippen LogP contribution is -2.40. The summed E-state index contributed by atoms with van der Waals surface area (Å²) >= 11 is 0. The van der Waals surface area contributed by atoms with Gasteiger partial charge in [-0.15, -0.1) is 0 Å². The average molecular weight is 442 g/mol. The molecule has 0 atom stereocenters. The van der Waals surface area contributed by atoms with Gasteiger partial charge in [-0.1, -0.05) is 35.9 Å². The van der Waals surface area contributed by atoms with Crippen molar-refractivity contribution < 1.29 is 19.1 Å². The van der Waals surface area contributed by atoms with Crippen molar-refractivity contribution in [1.29, 1.82) is 0 Å². The maximum absolute atomic E-state index is 12.0. The van der Waals surface area contributed by atoms with Crippen LogP contribution in [-0.4, -0.2) is 35.6 Å². The molecule has 0 unspecified atom stereocenters. The zero-order valence-corrected chi connectivity index (χ0v) is 20.0. The van der Waals surface area contributed by atoms with Crippen LogP contribution in [0.2, 0.25) is 0 Å². The van der Waals surface area contributed by atoms with Gasteiger partial charge in [0.1, 0.15) is 12.1 Å². The summed E-state index contributed by atoms with van der Waals surface area (Å²) in [5, 5.41) is 7.87. The van der Waals surface area contributed by atoms with Gasteiger partial charge in [-0.2, -0.15) is 0 Å². The second-order valence-corrected chi connectivity index (χ2v) is 9.34. The Bertz CT molecular complexity index is 880. The molecule has 0 aromatic heterocycles. The molecular weight excluding hydrogens is 406 g/mol. The standard InChI is InChI=1S/C18H27N3O4.C7H8/c1-17(2,3)21-15(23)12-7-9-13(10-8-12)20-14(22)11-19-16(24)25-18(4,5)6;1-7-5-3-2-4-6-7/h7-10H,11H2,1-6H3,(H,19,24)(H,20,22)(H,21,23);2-6H,1H3. The smallest absolute Gasteiger partial charge is 0.408 e. The number of ether oxygens (including phenoxy) is 1. The first-order valence-electron chi connectivity index (χ1n) is 10.5. The molecule has 7 nitrogen and oxygen atoms in total. The fourth-order valence-electron chi connectivity index (χ4n) is 2.32. The first kappa shape index (κ1) is 26.7. The third kappa shape index (κ3) is 12.4. The Labute approximate surface area is 190 Å². The minimum atomic E-state index is -0.656. The Kier molecular flexibility index (Phi) is 9.91. The van der Waals surface area contributed by atoms with Crippen LogP contribution in [0.5, 0.6) is 0 Å². The van der Waals surface area contributed by atoms with Crippen LogP contribution in [0, 0.1) is 6.92 Å². The molecule has 3 N–H and O–H groups in total. The van der Waals surface area contributed by atoms with Gasteiger partial charge < -0.3 is 20.7 Å². The number of carbonyl (C=O) groups excluding carboxylic acids is 3. The summed E-state index contributed by atoms with van der Waals surface area (Å²) in [6.07, 6.45) is -0.656. The van der Waals surface area contributed by atoms with Crippen LogP contribution in [0.25, 0.3) is 0 Å². The van der Waals surface area contributed by atoms with E-state index in [2.05, 4.69) is 35.0 Å². The lowest BCUT2D eigenvalue weighted by molar-refractivity contribution is -0.115. The maximum Gasteiger partial charge on any atom is 0.408 e. The Morgan fingerprint density at radius 2 is 1.41 bits per heavy atom. The van der Waals surface area contributed by atoms with Crippen LogP contribution >= 0.6 is 0 Å². The van der Waals surface area contributed by atoms with Crippen LogP contribution in [0.3, 0.4) is 0 Å². The quantitative estimate of drug-likeness (QED) is 0.642. The Balaban J connectivity index is 0.000000616. The van der Waals surface area contributed by atoms with Crippen molar-refractivity contribution in [1.82, 2.24) is 10.6 Å². The Morgan fingerprint density at radius 1 is 0.844 bits per heavy atom. The van der Waals surface area contributed by atoms with Crippen molar-refractivity contribution in [3.05, 3.63) is 65.7 Å². The minimum Gasteiger partial charge on any atom is -0.444 e. The highest BCUT2D eigenvalue weighted by Crippen LogP contribution is 2.11. The van der Waals surface area contributed by atoms with Gasteiger partial charge in [0.25, 0.3) is 5.91 Å². The average Bonchev–Trinajstić information content (AvgIpc) is 2.65. The zero-order chi connectivity index (χ0) is 24.4. The lowest BCUT2D eigenvalue weighted by Gasteiger charge is -2.20. The number of benzene rings is 2. The molecule has 3 amide bonds. The predicted octanol–water partition coefficient (Wildman–Crippen LogP) is 4.67. The van der Waals surface area contributed by atoms with E-state index >= 15 is 0 Å². The molecule has 0 saturated heterocycles. The minimum absolute atomic E-state index is 0.183. The summed E-state index contributed by atoms with van der Waals surface area (Å²) in [4.78, 5) is 35.3. The number of rotatable bonds is 4. The van der Waals surface area contributed by atoms with Gasteiger partial charge in [-0.05, 0) is 72.7 Å². The molecule has 0 aliphatic carbocycles. The normalized spacial score (nSPS) is 10.8. The SMILES string of the molecule is CC(C)(C)NC(=O)c1ccc(NC(=O)CNC(=O)OC(C)(C)C)cc1.Cc1ccccc1. The van der Waals surface area contributed by atoms with Crippen LogP contribution in [0.1, 0.15) is 57.5 Å². The fraction of sp³-hybridized carbons (Fsp3) is 0.400. The van der Waals surface area contributed by atoms with E-state index in [1.165, 1.54) is 5.56 Å². The molecule has 0 bridgehead atoms. The fourth-order valence-corrected chi connectivity index (χ4v) is 2.32. The predicted molar refractivity (Wildman–Crippen MR) is 128 cm³/mol. The zero-order valence-electron chi connectivity index (χ0n) is 20.0. The highest BCUT2D eigenvalue weighted by atomic mass is 16.6. The van der Waals surface area contributed by atoms with E-state index in [4.69, 9.17) is 4.74 Å². The molecule has 2 aromatic rings. The molecule has 174 valence electrons. The van der Waals surface area contributed by atoms with E-state index in [1.54, 1.807) is 45.0 Å². The van der Waals surface area contributed by atoms with Crippen LogP contribution in [0.4, 0.5) is 10.5 Å². The first-order valence-corrected chi connectivity index (χ1v) is 10.5. The third-order valence-corrected chi connectivity index (χ3v) is 3.65. The number of anilines is 1. The van der Waals surface area contributed by atoms with Gasteiger partial charge in [0.05, 0.1) is 0 Å². The monoisotopic (exact) mass is 441 g/mol. The molecule has 0 aliphatic rings. The number of hydrogen-bond acceptors (Lipinski definition) is 4. The highest BCUT2D eigenvalue weighted by Gasteiger charge is 2.17. The number of nitrogens with one attached hydrogen (secondary N) is 3. The summed E-state index contributed by atoms with van der Waals surface area (Å²) in [6, 6.07) is 16.8. The van der Waals surface area contributed by atoms with E-state index in [1.807, 2.05) is 39.0 Å². The van der Waals surface area contributed by atoms with Gasteiger partial charge in [0.15, 0.2) is 0 Å². The van der Waals surface area contributed by atoms with Gasteiger partial charge >= 0.3 is 6.09 Å². The summed E-state index contributed by atoms with van der Waals surface area (Å²) < 4.78 is 5.05. The van der Waals surface area contributed by atoms with Gasteiger partial charge in [0.2, 0.25) is 5.91 Å². The number of amides is 3. The first-order chi connectivity index (χ1) is 14.7. The van der Waals surface area contributed by atoms with Gasteiger partial charge in [0, 0.05) is 16.8 Å². The second kappa shape index (κ2) is 11.9. The number of alkyl carbamates (subject to hydrolysis) is 1. The summed E-state index contributed by atoms with van der Waals surface area (Å²) in [5.74, 6) is -0.574. The molecular formula is C25H35N3O4. The van der Waals surface area contributed by atoms with Gasteiger partial charge in [-0.25, -0.2) is 4.79 Å². The Hall–Kier alpha value is -3.35. The lowest BCUT2D eigenvalue weighted by atomic mass is 10.1. The molecule has 0 heterocycles. The van der Waals surface area contributed by atoms with Crippen LogP contribution < -0.4 is 16.0 Å². The topological polar surface area (TPSA) is 96.5 Å². The maximum atomic E-state index is 12.0. The van der Waals surface area contributed by atoms with E-state index in [9.17, 15) is 14.4 Å². The molecule has 2 rings (SSSR count). The van der Waals surface area contributed by atoms with Crippen molar-refractivity contribution in [3.8, 4) is 0 Å². The Morgan fingerprint density at radius 3 is 1.84 bits per heavy atom. The third-order valence-electron chi connectivity index (χ3n) is 3.65. The molecule has 0 fully saturated rings. The van der Waals surface area contributed by atoms with E-state index in [0.29, 0.717) is 11.3 Å². The van der Waals surface area contributed by atoms with E-state index in [0.717, 1.165) is 0 Å². The van der Waals surface area contributed by atoms with Crippen LogP contribution in [0.15, 0.2) is 54.6 Å².